The van der Waals surface area contributed by atoms with Crippen LogP contribution < -0.4 is 11.1 Å². The molecule has 1 aromatic carbocycles. The molecule has 2 rings (SSSR count). The van der Waals surface area contributed by atoms with Crippen LogP contribution in [0.2, 0.25) is 0 Å². The average molecular weight is 241 g/mol. The van der Waals surface area contributed by atoms with Gasteiger partial charge in [-0.15, -0.1) is 0 Å². The lowest BCUT2D eigenvalue weighted by molar-refractivity contribution is 0.686. The highest BCUT2D eigenvalue weighted by Gasteiger charge is 2.22. The predicted molar refractivity (Wildman–Crippen MR) is 59.0 cm³/mol. The first-order valence-electron chi connectivity index (χ1n) is 4.55. The third kappa shape index (κ3) is 1.58. The Bertz CT molecular complexity index is 312. The van der Waals surface area contributed by atoms with Crippen LogP contribution in [0.15, 0.2) is 22.7 Å². The van der Waals surface area contributed by atoms with Gasteiger partial charge in [0.05, 0.1) is 5.69 Å². The second-order valence-electron chi connectivity index (χ2n) is 3.36. The fraction of sp³-hybridized carbons (Fsp3) is 0.400. The number of nitrogens with two attached hydrogens (primary N) is 1. The number of hydrogen-bond donors (Lipinski definition) is 2. The van der Waals surface area contributed by atoms with E-state index in [-0.39, 0.29) is 0 Å². The fourth-order valence-electron chi connectivity index (χ4n) is 1.86. The smallest absolute Gasteiger partial charge is 0.0520 e. The van der Waals surface area contributed by atoms with Crippen molar-refractivity contribution in [2.75, 3.05) is 18.4 Å². The number of benzene rings is 1. The van der Waals surface area contributed by atoms with E-state index in [2.05, 4.69) is 39.4 Å². The normalized spacial score (nSPS) is 19.7. The minimum atomic E-state index is 0.595. The van der Waals surface area contributed by atoms with Gasteiger partial charge in [-0.25, -0.2) is 0 Å². The molecular formula is C10H13BrN2. The molecule has 13 heavy (non-hydrogen) atoms. The Morgan fingerprint density at radius 1 is 1.54 bits per heavy atom. The van der Waals surface area contributed by atoms with E-state index in [1.165, 1.54) is 11.3 Å². The van der Waals surface area contributed by atoms with Gasteiger partial charge in [-0.1, -0.05) is 12.1 Å². The van der Waals surface area contributed by atoms with E-state index < -0.39 is 0 Å². The Kier molecular flexibility index (Phi) is 2.56. The topological polar surface area (TPSA) is 38.0 Å². The molecule has 1 unspecified atom stereocenters. The monoisotopic (exact) mass is 240 g/mol. The molecular weight excluding hydrogens is 228 g/mol. The summed E-state index contributed by atoms with van der Waals surface area (Å²) in [5.74, 6) is 0.595. The molecule has 0 bridgehead atoms. The summed E-state index contributed by atoms with van der Waals surface area (Å²) >= 11 is 3.53. The van der Waals surface area contributed by atoms with Gasteiger partial charge in [0, 0.05) is 16.9 Å². The van der Waals surface area contributed by atoms with E-state index in [0.29, 0.717) is 5.92 Å². The molecule has 3 heteroatoms. The SMILES string of the molecule is NCCC1CNc2c(Br)cccc21. The van der Waals surface area contributed by atoms with Crippen LogP contribution in [-0.4, -0.2) is 13.1 Å². The fourth-order valence-corrected chi connectivity index (χ4v) is 2.38. The van der Waals surface area contributed by atoms with Crippen molar-refractivity contribution in [2.45, 2.75) is 12.3 Å². The molecule has 0 fully saturated rings. The Morgan fingerprint density at radius 2 is 2.38 bits per heavy atom. The van der Waals surface area contributed by atoms with Crippen molar-refractivity contribution in [2.24, 2.45) is 5.73 Å². The second-order valence-corrected chi connectivity index (χ2v) is 4.21. The molecule has 1 aliphatic rings. The van der Waals surface area contributed by atoms with Gasteiger partial charge >= 0.3 is 0 Å². The molecule has 70 valence electrons. The Hall–Kier alpha value is -0.540. The lowest BCUT2D eigenvalue weighted by atomic mass is 9.98. The van der Waals surface area contributed by atoms with Crippen molar-refractivity contribution >= 4 is 21.6 Å². The highest BCUT2D eigenvalue weighted by atomic mass is 79.9. The van der Waals surface area contributed by atoms with Crippen LogP contribution in [0.1, 0.15) is 17.9 Å². The summed E-state index contributed by atoms with van der Waals surface area (Å²) in [5.41, 5.74) is 8.22. The second kappa shape index (κ2) is 3.68. The zero-order valence-electron chi connectivity index (χ0n) is 7.39. The zero-order valence-corrected chi connectivity index (χ0v) is 8.97. The van der Waals surface area contributed by atoms with Gasteiger partial charge in [0.2, 0.25) is 0 Å². The number of rotatable bonds is 2. The van der Waals surface area contributed by atoms with Crippen LogP contribution in [-0.2, 0) is 0 Å². The maximum atomic E-state index is 5.56. The molecule has 0 radical (unpaired) electrons. The molecule has 1 aromatic rings. The highest BCUT2D eigenvalue weighted by Crippen LogP contribution is 2.37. The van der Waals surface area contributed by atoms with Crippen LogP contribution in [0.3, 0.4) is 0 Å². The van der Waals surface area contributed by atoms with Crippen LogP contribution in [0.4, 0.5) is 5.69 Å². The van der Waals surface area contributed by atoms with Crippen molar-refractivity contribution in [3.8, 4) is 0 Å². The first-order valence-corrected chi connectivity index (χ1v) is 5.34. The summed E-state index contributed by atoms with van der Waals surface area (Å²) in [4.78, 5) is 0. The van der Waals surface area contributed by atoms with Crippen LogP contribution >= 0.6 is 15.9 Å². The molecule has 0 amide bonds. The van der Waals surface area contributed by atoms with E-state index in [9.17, 15) is 0 Å². The first-order chi connectivity index (χ1) is 6.33. The largest absolute Gasteiger partial charge is 0.383 e. The summed E-state index contributed by atoms with van der Waals surface area (Å²) in [6.45, 7) is 1.79. The lowest BCUT2D eigenvalue weighted by Crippen LogP contribution is -2.08. The molecule has 1 atom stereocenters. The van der Waals surface area contributed by atoms with Gasteiger partial charge in [0.25, 0.3) is 0 Å². The van der Waals surface area contributed by atoms with Crippen molar-refractivity contribution in [1.29, 1.82) is 0 Å². The Labute approximate surface area is 86.6 Å². The minimum absolute atomic E-state index is 0.595. The summed E-state index contributed by atoms with van der Waals surface area (Å²) in [6, 6.07) is 6.33. The minimum Gasteiger partial charge on any atom is -0.383 e. The van der Waals surface area contributed by atoms with Gasteiger partial charge in [-0.3, -0.25) is 0 Å². The third-order valence-corrected chi connectivity index (χ3v) is 3.19. The van der Waals surface area contributed by atoms with Gasteiger partial charge < -0.3 is 11.1 Å². The van der Waals surface area contributed by atoms with Crippen molar-refractivity contribution in [3.63, 3.8) is 0 Å². The summed E-state index contributed by atoms with van der Waals surface area (Å²) < 4.78 is 1.16. The number of fused-ring (bicyclic) bond motifs is 1. The molecule has 1 heterocycles. The maximum Gasteiger partial charge on any atom is 0.0520 e. The molecule has 0 saturated heterocycles. The summed E-state index contributed by atoms with van der Waals surface area (Å²) in [7, 11) is 0. The maximum absolute atomic E-state index is 5.56. The van der Waals surface area contributed by atoms with E-state index in [1.54, 1.807) is 0 Å². The van der Waals surface area contributed by atoms with E-state index in [4.69, 9.17) is 5.73 Å². The highest BCUT2D eigenvalue weighted by molar-refractivity contribution is 9.10. The quantitative estimate of drug-likeness (QED) is 0.833. The molecule has 1 aliphatic heterocycles. The number of nitrogens with one attached hydrogen (secondary N) is 1. The molecule has 2 nitrogen and oxygen atoms in total. The molecule has 0 saturated carbocycles. The average Bonchev–Trinajstić information content (AvgIpc) is 2.51. The van der Waals surface area contributed by atoms with Crippen LogP contribution in [0, 0.1) is 0 Å². The molecule has 0 aromatic heterocycles. The van der Waals surface area contributed by atoms with Crippen molar-refractivity contribution in [1.82, 2.24) is 0 Å². The number of anilines is 1. The van der Waals surface area contributed by atoms with Gasteiger partial charge in [-0.05, 0) is 40.5 Å². The van der Waals surface area contributed by atoms with Gasteiger partial charge in [-0.2, -0.15) is 0 Å². The zero-order chi connectivity index (χ0) is 9.26. The molecule has 0 aliphatic carbocycles. The summed E-state index contributed by atoms with van der Waals surface area (Å²) in [5, 5.41) is 3.40. The van der Waals surface area contributed by atoms with Crippen molar-refractivity contribution < 1.29 is 0 Å². The van der Waals surface area contributed by atoms with Crippen LogP contribution in [0.5, 0.6) is 0 Å². The lowest BCUT2D eigenvalue weighted by Gasteiger charge is -2.07. The van der Waals surface area contributed by atoms with Gasteiger partial charge in [0.1, 0.15) is 0 Å². The number of halogens is 1. The third-order valence-electron chi connectivity index (χ3n) is 2.53. The molecule has 0 spiro atoms. The number of para-hydroxylation sites is 1. The number of hydrogen-bond acceptors (Lipinski definition) is 2. The van der Waals surface area contributed by atoms with E-state index in [0.717, 1.165) is 24.0 Å². The molecule has 3 N–H and O–H groups in total. The predicted octanol–water partition coefficient (Wildman–Crippen LogP) is 2.31. The summed E-state index contributed by atoms with van der Waals surface area (Å²) in [6.07, 6.45) is 1.07. The van der Waals surface area contributed by atoms with E-state index in [1.807, 2.05) is 0 Å². The van der Waals surface area contributed by atoms with E-state index >= 15 is 0 Å². The standard InChI is InChI=1S/C10H13BrN2/c11-9-3-1-2-8-7(4-5-12)6-13-10(8)9/h1-3,7,13H,4-6,12H2. The first kappa shape index (κ1) is 9.03. The van der Waals surface area contributed by atoms with Crippen LogP contribution in [0.25, 0.3) is 0 Å². The van der Waals surface area contributed by atoms with Crippen molar-refractivity contribution in [3.05, 3.63) is 28.2 Å². The Balaban J connectivity index is 2.32. The Morgan fingerprint density at radius 3 is 3.15 bits per heavy atom. The van der Waals surface area contributed by atoms with Gasteiger partial charge in [0.15, 0.2) is 0 Å².